The molecule has 2 aromatic rings. The zero-order valence-electron chi connectivity index (χ0n) is 23.5. The molecular weight excluding hydrogens is 560 g/mol. The van der Waals surface area contributed by atoms with E-state index in [-0.39, 0.29) is 67.5 Å². The van der Waals surface area contributed by atoms with E-state index in [2.05, 4.69) is 0 Å². The SMILES string of the molecule is COc1cc2c(cc1OC)C(=C(C#N)C#N)C(=C(C#N)C#N)c1cc(OC)c(OC)cc1C(=C(C#N)C#N)C2=C(C#N)C#N. The van der Waals surface area contributed by atoms with Crippen LogP contribution in [-0.2, 0) is 0 Å². The molecule has 1 aliphatic rings. The minimum atomic E-state index is -0.555. The van der Waals surface area contributed by atoms with Gasteiger partial charge in [-0.2, -0.15) is 42.1 Å². The van der Waals surface area contributed by atoms with Gasteiger partial charge < -0.3 is 18.9 Å². The number of nitrogens with zero attached hydrogens (tertiary/aromatic N) is 8. The summed E-state index contributed by atoms with van der Waals surface area (Å²) in [4.78, 5) is 0. The highest BCUT2D eigenvalue weighted by atomic mass is 16.5. The zero-order valence-corrected chi connectivity index (χ0v) is 23.5. The standard InChI is InChI=1S/C32H16N8O4/c1-41-25-5-21-22(6-26(25)42-2)30(18(11-35)12-36)32(20(15-39)16-40)24-8-28(44-4)27(43-3)7-23(24)31(19(13-37)14-38)29(21)17(9-33)10-34/h5-8H,1-4H3. The quantitative estimate of drug-likeness (QED) is 0.453. The summed E-state index contributed by atoms with van der Waals surface area (Å²) in [6.07, 6.45) is 0. The first-order valence-electron chi connectivity index (χ1n) is 12.0. The number of fused-ring (bicyclic) bond motifs is 2. The minimum Gasteiger partial charge on any atom is -0.493 e. The lowest BCUT2D eigenvalue weighted by atomic mass is 9.73. The van der Waals surface area contributed by atoms with E-state index in [1.54, 1.807) is 48.6 Å². The zero-order chi connectivity index (χ0) is 32.6. The summed E-state index contributed by atoms with van der Waals surface area (Å²) in [5, 5.41) is 81.0. The van der Waals surface area contributed by atoms with Crippen LogP contribution >= 0.6 is 0 Å². The maximum atomic E-state index is 10.1. The summed E-state index contributed by atoms with van der Waals surface area (Å²) in [7, 11) is 5.25. The number of benzene rings is 2. The van der Waals surface area contributed by atoms with E-state index in [0.717, 1.165) is 0 Å². The van der Waals surface area contributed by atoms with Gasteiger partial charge in [-0.1, -0.05) is 0 Å². The van der Waals surface area contributed by atoms with Crippen LogP contribution in [0.2, 0.25) is 0 Å². The molecule has 1 aliphatic carbocycles. The van der Waals surface area contributed by atoms with Gasteiger partial charge in [0.15, 0.2) is 23.0 Å². The average Bonchev–Trinajstić information content (AvgIpc) is 3.06. The lowest BCUT2D eigenvalue weighted by molar-refractivity contribution is 0.354. The maximum absolute atomic E-state index is 10.1. The van der Waals surface area contributed by atoms with E-state index in [4.69, 9.17) is 18.9 Å². The fourth-order valence-corrected chi connectivity index (χ4v) is 4.71. The summed E-state index contributed by atoms with van der Waals surface area (Å²) >= 11 is 0. The number of hydrogen-bond acceptors (Lipinski definition) is 12. The highest BCUT2D eigenvalue weighted by molar-refractivity contribution is 6.22. The molecule has 0 unspecified atom stereocenters. The Balaban J connectivity index is 3.07. The number of ether oxygens (including phenoxy) is 4. The van der Waals surface area contributed by atoms with Crippen molar-refractivity contribution in [1.82, 2.24) is 0 Å². The fraction of sp³-hybridized carbons (Fsp3) is 0.125. The molecule has 0 N–H and O–H groups in total. The Hall–Kier alpha value is -7.48. The monoisotopic (exact) mass is 576 g/mol. The van der Waals surface area contributed by atoms with Gasteiger partial charge in [-0.15, -0.1) is 0 Å². The lowest BCUT2D eigenvalue weighted by Crippen LogP contribution is -2.11. The van der Waals surface area contributed by atoms with Crippen LogP contribution in [0.1, 0.15) is 22.3 Å². The number of rotatable bonds is 4. The normalized spacial score (nSPS) is 10.8. The number of methoxy groups -OCH3 is 4. The van der Waals surface area contributed by atoms with Crippen LogP contribution in [0.5, 0.6) is 23.0 Å². The lowest BCUT2D eigenvalue weighted by Gasteiger charge is -2.28. The highest BCUT2D eigenvalue weighted by Gasteiger charge is 2.35. The van der Waals surface area contributed by atoms with E-state index in [1.165, 1.54) is 52.7 Å². The van der Waals surface area contributed by atoms with E-state index in [0.29, 0.717) is 0 Å². The van der Waals surface area contributed by atoms with Crippen LogP contribution in [0, 0.1) is 90.6 Å². The smallest absolute Gasteiger partial charge is 0.161 e. The van der Waals surface area contributed by atoms with Crippen molar-refractivity contribution in [3.8, 4) is 71.6 Å². The first kappa shape index (κ1) is 31.1. The van der Waals surface area contributed by atoms with Crippen molar-refractivity contribution in [2.24, 2.45) is 0 Å². The van der Waals surface area contributed by atoms with Crippen molar-refractivity contribution < 1.29 is 18.9 Å². The highest BCUT2D eigenvalue weighted by Crippen LogP contribution is 2.53. The van der Waals surface area contributed by atoms with Crippen LogP contribution < -0.4 is 18.9 Å². The molecule has 0 spiro atoms. The van der Waals surface area contributed by atoms with Gasteiger partial charge in [0.1, 0.15) is 70.8 Å². The Bertz CT molecular complexity index is 1730. The van der Waals surface area contributed by atoms with Crippen LogP contribution in [-0.4, -0.2) is 28.4 Å². The summed E-state index contributed by atoms with van der Waals surface area (Å²) in [5.41, 5.74) is -3.37. The third-order valence-electron chi connectivity index (χ3n) is 6.52. The Morgan fingerprint density at radius 2 is 0.523 bits per heavy atom. The molecule has 208 valence electrons. The van der Waals surface area contributed by atoms with Crippen molar-refractivity contribution >= 4 is 22.3 Å². The van der Waals surface area contributed by atoms with Gasteiger partial charge in [0.05, 0.1) is 28.4 Å². The summed E-state index contributed by atoms with van der Waals surface area (Å²) in [5.74, 6) is 0.289. The predicted octanol–water partition coefficient (Wildman–Crippen LogP) is 4.64. The molecule has 0 radical (unpaired) electrons. The second-order valence-corrected chi connectivity index (χ2v) is 8.40. The first-order valence-corrected chi connectivity index (χ1v) is 12.0. The molecule has 0 bridgehead atoms. The van der Waals surface area contributed by atoms with Crippen LogP contribution in [0.15, 0.2) is 46.6 Å². The minimum absolute atomic E-state index is 0.0510. The summed E-state index contributed by atoms with van der Waals surface area (Å²) < 4.78 is 21.8. The van der Waals surface area contributed by atoms with Crippen molar-refractivity contribution in [3.05, 3.63) is 68.8 Å². The molecule has 0 heterocycles. The van der Waals surface area contributed by atoms with Crippen molar-refractivity contribution in [2.45, 2.75) is 0 Å². The van der Waals surface area contributed by atoms with Crippen LogP contribution in [0.25, 0.3) is 22.3 Å². The first-order chi connectivity index (χ1) is 21.3. The van der Waals surface area contributed by atoms with Crippen molar-refractivity contribution in [2.75, 3.05) is 28.4 Å². The van der Waals surface area contributed by atoms with Crippen LogP contribution in [0.3, 0.4) is 0 Å². The Kier molecular flexibility index (Phi) is 9.35. The third-order valence-corrected chi connectivity index (χ3v) is 6.52. The van der Waals surface area contributed by atoms with Crippen molar-refractivity contribution in [3.63, 3.8) is 0 Å². The molecule has 2 aromatic carbocycles. The molecule has 0 saturated heterocycles. The Morgan fingerprint density at radius 1 is 0.364 bits per heavy atom. The van der Waals surface area contributed by atoms with Gasteiger partial charge in [0.2, 0.25) is 0 Å². The van der Waals surface area contributed by atoms with Gasteiger partial charge in [-0.05, 0) is 46.5 Å². The number of nitriles is 8. The molecule has 12 heteroatoms. The molecule has 12 nitrogen and oxygen atoms in total. The van der Waals surface area contributed by atoms with E-state index < -0.39 is 22.3 Å². The van der Waals surface area contributed by atoms with Gasteiger partial charge >= 0.3 is 0 Å². The van der Waals surface area contributed by atoms with Gasteiger partial charge in [-0.25, -0.2) is 0 Å². The van der Waals surface area contributed by atoms with E-state index in [1.807, 2.05) is 0 Å². The topological polar surface area (TPSA) is 227 Å². The van der Waals surface area contributed by atoms with E-state index in [9.17, 15) is 42.1 Å². The molecule has 0 atom stereocenters. The average molecular weight is 577 g/mol. The third kappa shape index (κ3) is 4.95. The molecule has 44 heavy (non-hydrogen) atoms. The molecule has 0 fully saturated rings. The Morgan fingerprint density at radius 3 is 0.636 bits per heavy atom. The predicted molar refractivity (Wildman–Crippen MR) is 152 cm³/mol. The number of hydrogen-bond donors (Lipinski definition) is 0. The molecule has 0 amide bonds. The molecule has 0 saturated carbocycles. The number of allylic oxidation sites excluding steroid dienone is 8. The van der Waals surface area contributed by atoms with Gasteiger partial charge in [0, 0.05) is 22.3 Å². The fourth-order valence-electron chi connectivity index (χ4n) is 4.71. The largest absolute Gasteiger partial charge is 0.493 e. The second kappa shape index (κ2) is 13.2. The summed E-state index contributed by atoms with van der Waals surface area (Å²) in [6.45, 7) is 0. The summed E-state index contributed by atoms with van der Waals surface area (Å²) in [6, 6.07) is 19.7. The van der Waals surface area contributed by atoms with E-state index >= 15 is 0 Å². The molecule has 0 aromatic heterocycles. The maximum Gasteiger partial charge on any atom is 0.161 e. The second-order valence-electron chi connectivity index (χ2n) is 8.40. The Labute approximate surface area is 252 Å². The molecule has 0 aliphatic heterocycles. The van der Waals surface area contributed by atoms with Gasteiger partial charge in [-0.3, -0.25) is 0 Å². The van der Waals surface area contributed by atoms with Crippen LogP contribution in [0.4, 0.5) is 0 Å². The molecule has 3 rings (SSSR count). The van der Waals surface area contributed by atoms with Crippen molar-refractivity contribution in [1.29, 1.82) is 42.1 Å². The van der Waals surface area contributed by atoms with Gasteiger partial charge in [0.25, 0.3) is 0 Å². The molecular formula is C32H16N8O4.